The first-order valence-electron chi connectivity index (χ1n) is 7.92. The molecule has 2 aromatic heterocycles. The predicted molar refractivity (Wildman–Crippen MR) is 96.5 cm³/mol. The van der Waals surface area contributed by atoms with Gasteiger partial charge in [0.2, 0.25) is 11.0 Å². The number of hydrogen-bond donors (Lipinski definition) is 1. The summed E-state index contributed by atoms with van der Waals surface area (Å²) in [6.07, 6.45) is 1.95. The van der Waals surface area contributed by atoms with Crippen molar-refractivity contribution in [3.63, 3.8) is 0 Å². The Balaban J connectivity index is 1.77. The van der Waals surface area contributed by atoms with Gasteiger partial charge in [0, 0.05) is 13.5 Å². The summed E-state index contributed by atoms with van der Waals surface area (Å²) in [4.78, 5) is 31.0. The van der Waals surface area contributed by atoms with Crippen LogP contribution in [0.25, 0.3) is 0 Å². The minimum absolute atomic E-state index is 0.0229. The second-order valence-corrected chi connectivity index (χ2v) is 7.92. The van der Waals surface area contributed by atoms with Crippen LogP contribution in [0.3, 0.4) is 0 Å². The maximum Gasteiger partial charge on any atom is 0.269 e. The van der Waals surface area contributed by atoms with Crippen molar-refractivity contribution in [1.82, 2.24) is 15.2 Å². The average Bonchev–Trinajstić information content (AvgIpc) is 3.26. The van der Waals surface area contributed by atoms with E-state index in [0.717, 1.165) is 24.5 Å². The van der Waals surface area contributed by atoms with Crippen LogP contribution in [-0.2, 0) is 9.53 Å². The van der Waals surface area contributed by atoms with Crippen LogP contribution in [0.1, 0.15) is 40.1 Å². The van der Waals surface area contributed by atoms with Gasteiger partial charge in [0.15, 0.2) is 5.13 Å². The zero-order chi connectivity index (χ0) is 18.0. The molecule has 3 rings (SSSR count). The minimum atomic E-state index is -0.294. The molecule has 0 saturated carbocycles. The number of thiazole rings is 1. The van der Waals surface area contributed by atoms with Gasteiger partial charge in [-0.1, -0.05) is 22.7 Å². The van der Waals surface area contributed by atoms with E-state index in [0.29, 0.717) is 27.4 Å². The van der Waals surface area contributed by atoms with Gasteiger partial charge >= 0.3 is 0 Å². The number of aryl methyl sites for hydroxylation is 2. The van der Waals surface area contributed by atoms with Crippen LogP contribution in [-0.4, -0.2) is 46.3 Å². The first-order chi connectivity index (χ1) is 11.9. The van der Waals surface area contributed by atoms with Crippen molar-refractivity contribution >= 4 is 44.8 Å². The number of amides is 2. The summed E-state index contributed by atoms with van der Waals surface area (Å²) in [5, 5.41) is 12.2. The van der Waals surface area contributed by atoms with Crippen LogP contribution >= 0.6 is 22.7 Å². The summed E-state index contributed by atoms with van der Waals surface area (Å²) < 4.78 is 5.61. The zero-order valence-corrected chi connectivity index (χ0v) is 15.9. The fraction of sp³-hybridized carbons (Fsp3) is 0.533. The molecule has 8 nitrogen and oxygen atoms in total. The summed E-state index contributed by atoms with van der Waals surface area (Å²) in [6.45, 7) is 6.25. The number of rotatable bonds is 5. The molecule has 1 saturated heterocycles. The van der Waals surface area contributed by atoms with Crippen molar-refractivity contribution in [2.24, 2.45) is 0 Å². The van der Waals surface area contributed by atoms with Crippen molar-refractivity contribution in [2.45, 2.75) is 39.7 Å². The van der Waals surface area contributed by atoms with Crippen LogP contribution in [0.4, 0.5) is 10.3 Å². The van der Waals surface area contributed by atoms with E-state index < -0.39 is 0 Å². The highest BCUT2D eigenvalue weighted by Gasteiger charge is 2.26. The Bertz CT molecular complexity index is 782. The van der Waals surface area contributed by atoms with Crippen molar-refractivity contribution in [3.8, 4) is 0 Å². The number of aromatic nitrogens is 3. The molecule has 1 N–H and O–H groups in total. The third kappa shape index (κ3) is 4.20. The maximum atomic E-state index is 12.5. The molecule has 2 amide bonds. The van der Waals surface area contributed by atoms with Gasteiger partial charge in [0.05, 0.1) is 18.3 Å². The molecule has 2 aromatic rings. The Hall–Kier alpha value is -1.91. The van der Waals surface area contributed by atoms with E-state index in [4.69, 9.17) is 4.74 Å². The van der Waals surface area contributed by atoms with E-state index in [1.807, 2.05) is 6.92 Å². The molecule has 3 heterocycles. The highest BCUT2D eigenvalue weighted by molar-refractivity contribution is 7.18. The number of anilines is 2. The number of nitrogens with zero attached hydrogens (tertiary/aromatic N) is 4. The van der Waals surface area contributed by atoms with E-state index >= 15 is 0 Å². The Morgan fingerprint density at radius 1 is 1.32 bits per heavy atom. The first kappa shape index (κ1) is 17.9. The lowest BCUT2D eigenvalue weighted by Crippen LogP contribution is -2.35. The summed E-state index contributed by atoms with van der Waals surface area (Å²) in [5.41, 5.74) is 0.581. The largest absolute Gasteiger partial charge is 0.376 e. The molecular formula is C15H19N5O3S2. The van der Waals surface area contributed by atoms with Crippen LogP contribution in [0, 0.1) is 13.8 Å². The Morgan fingerprint density at radius 2 is 2.12 bits per heavy atom. The molecule has 0 radical (unpaired) electrons. The Labute approximate surface area is 153 Å². The first-order valence-corrected chi connectivity index (χ1v) is 9.56. The van der Waals surface area contributed by atoms with Crippen molar-refractivity contribution in [1.29, 1.82) is 0 Å². The van der Waals surface area contributed by atoms with Gasteiger partial charge in [-0.25, -0.2) is 4.98 Å². The highest BCUT2D eigenvalue weighted by Crippen LogP contribution is 2.28. The lowest BCUT2D eigenvalue weighted by atomic mass is 10.2. The number of nitrogens with one attached hydrogen (secondary N) is 1. The molecule has 1 fully saturated rings. The van der Waals surface area contributed by atoms with Crippen molar-refractivity contribution in [3.05, 3.63) is 15.6 Å². The van der Waals surface area contributed by atoms with Gasteiger partial charge in [-0.2, -0.15) is 0 Å². The number of carbonyl (C=O) groups is 2. The number of ether oxygens (including phenoxy) is 1. The molecule has 25 heavy (non-hydrogen) atoms. The second-order valence-electron chi connectivity index (χ2n) is 5.76. The molecule has 0 aliphatic carbocycles. The maximum absolute atomic E-state index is 12.5. The van der Waals surface area contributed by atoms with Gasteiger partial charge in [-0.05, 0) is 26.7 Å². The van der Waals surface area contributed by atoms with E-state index in [2.05, 4.69) is 20.5 Å². The van der Waals surface area contributed by atoms with Crippen LogP contribution in [0.5, 0.6) is 0 Å². The van der Waals surface area contributed by atoms with Gasteiger partial charge < -0.3 is 4.74 Å². The third-order valence-electron chi connectivity index (χ3n) is 3.76. The normalized spacial score (nSPS) is 16.8. The minimum Gasteiger partial charge on any atom is -0.376 e. The fourth-order valence-corrected chi connectivity index (χ4v) is 4.14. The van der Waals surface area contributed by atoms with Crippen molar-refractivity contribution in [2.75, 3.05) is 23.4 Å². The third-order valence-corrected chi connectivity index (χ3v) is 5.69. The van der Waals surface area contributed by atoms with Crippen LogP contribution < -0.4 is 10.2 Å². The summed E-state index contributed by atoms with van der Waals surface area (Å²) in [7, 11) is 0. The van der Waals surface area contributed by atoms with Gasteiger partial charge in [-0.15, -0.1) is 10.2 Å². The highest BCUT2D eigenvalue weighted by atomic mass is 32.1. The number of hydrogen-bond acceptors (Lipinski definition) is 8. The zero-order valence-electron chi connectivity index (χ0n) is 14.2. The van der Waals surface area contributed by atoms with Gasteiger partial charge in [0.25, 0.3) is 5.91 Å². The van der Waals surface area contributed by atoms with Crippen LogP contribution in [0.15, 0.2) is 0 Å². The van der Waals surface area contributed by atoms with E-state index in [1.165, 1.54) is 29.6 Å². The van der Waals surface area contributed by atoms with Gasteiger partial charge in [-0.3, -0.25) is 19.8 Å². The SMILES string of the molecule is CC(=O)N(C[C@H]1CCCO1)c1nc(C)c(C(=O)Nc2nnc(C)s2)s1. The van der Waals surface area contributed by atoms with E-state index in [9.17, 15) is 9.59 Å². The Morgan fingerprint density at radius 3 is 2.72 bits per heavy atom. The smallest absolute Gasteiger partial charge is 0.269 e. The van der Waals surface area contributed by atoms with Gasteiger partial charge in [0.1, 0.15) is 9.88 Å². The van der Waals surface area contributed by atoms with E-state index in [1.54, 1.807) is 11.8 Å². The topological polar surface area (TPSA) is 97.3 Å². The standard InChI is InChI=1S/C15H19N5O3S2/c1-8-12(13(22)17-14-19-18-9(2)24-14)25-15(16-8)20(10(3)21)7-11-5-4-6-23-11/h11H,4-7H2,1-3H3,(H,17,19,22)/t11-/m1/s1. The summed E-state index contributed by atoms with van der Waals surface area (Å²) in [6, 6.07) is 0. The van der Waals surface area contributed by atoms with E-state index in [-0.39, 0.29) is 17.9 Å². The lowest BCUT2D eigenvalue weighted by Gasteiger charge is -2.21. The molecule has 10 heteroatoms. The molecule has 1 atom stereocenters. The van der Waals surface area contributed by atoms with Crippen LogP contribution in [0.2, 0.25) is 0 Å². The molecular weight excluding hydrogens is 362 g/mol. The average molecular weight is 381 g/mol. The molecule has 0 aromatic carbocycles. The second kappa shape index (κ2) is 7.54. The lowest BCUT2D eigenvalue weighted by molar-refractivity contribution is -0.116. The molecule has 1 aliphatic heterocycles. The molecule has 1 aliphatic rings. The molecule has 134 valence electrons. The predicted octanol–water partition coefficient (Wildman–Crippen LogP) is 2.40. The molecule has 0 unspecified atom stereocenters. The molecule has 0 bridgehead atoms. The quantitative estimate of drug-likeness (QED) is 0.854. The van der Waals surface area contributed by atoms with Crippen molar-refractivity contribution < 1.29 is 14.3 Å². The fourth-order valence-electron chi connectivity index (χ4n) is 2.54. The summed E-state index contributed by atoms with van der Waals surface area (Å²) >= 11 is 2.50. The summed E-state index contributed by atoms with van der Waals surface area (Å²) in [5.74, 6) is -0.408. The monoisotopic (exact) mass is 381 g/mol. The Kier molecular flexibility index (Phi) is 5.40. The number of carbonyl (C=O) groups excluding carboxylic acids is 2. The molecule has 0 spiro atoms.